The van der Waals surface area contributed by atoms with Gasteiger partial charge in [-0.3, -0.25) is 15.1 Å². The van der Waals surface area contributed by atoms with Crippen LogP contribution in [0.15, 0.2) is 24.5 Å². The summed E-state index contributed by atoms with van der Waals surface area (Å²) in [7, 11) is 0. The Hall–Kier alpha value is -2.44. The second-order valence-electron chi connectivity index (χ2n) is 7.14. The van der Waals surface area contributed by atoms with Gasteiger partial charge in [-0.2, -0.15) is 0 Å². The smallest absolute Gasteiger partial charge is 0.408 e. The van der Waals surface area contributed by atoms with Gasteiger partial charge in [-0.15, -0.1) is 0 Å². The largest absolute Gasteiger partial charge is 0.444 e. The second-order valence-corrected chi connectivity index (χ2v) is 7.14. The number of carbonyl (C=O) groups excluding carboxylic acids is 1. The van der Waals surface area contributed by atoms with Crippen molar-refractivity contribution in [2.45, 2.75) is 52.2 Å². The van der Waals surface area contributed by atoms with E-state index >= 15 is 0 Å². The van der Waals surface area contributed by atoms with E-state index < -0.39 is 16.6 Å². The van der Waals surface area contributed by atoms with E-state index in [2.05, 4.69) is 17.2 Å². The van der Waals surface area contributed by atoms with Crippen molar-refractivity contribution in [3.63, 3.8) is 0 Å². The molecule has 1 aromatic heterocycles. The molecule has 0 radical (unpaired) electrons. The molecule has 7 heteroatoms. The van der Waals surface area contributed by atoms with Crippen LogP contribution in [0.1, 0.15) is 46.1 Å². The SMILES string of the molecule is C[C@@H]1CC(c2ccncc2[N+](=O)[O-])=C[C@H](NC(=O)OC(C)(C)C)C1. The molecular formula is C17H23N3O4. The number of nitrogens with one attached hydrogen (secondary N) is 1. The summed E-state index contributed by atoms with van der Waals surface area (Å²) in [5.41, 5.74) is 0.816. The maximum absolute atomic E-state index is 12.0. The number of amides is 1. The van der Waals surface area contributed by atoms with Crippen LogP contribution >= 0.6 is 0 Å². The molecule has 1 aliphatic carbocycles. The first-order valence-electron chi connectivity index (χ1n) is 7.94. The molecule has 1 amide bonds. The minimum absolute atomic E-state index is 0.0196. The molecule has 0 aromatic carbocycles. The fourth-order valence-corrected chi connectivity index (χ4v) is 2.83. The highest BCUT2D eigenvalue weighted by molar-refractivity contribution is 5.75. The fourth-order valence-electron chi connectivity index (χ4n) is 2.83. The van der Waals surface area contributed by atoms with Crippen LogP contribution < -0.4 is 5.32 Å². The molecule has 130 valence electrons. The molecule has 0 saturated carbocycles. The molecule has 2 atom stereocenters. The van der Waals surface area contributed by atoms with Gasteiger partial charge in [0.25, 0.3) is 5.69 Å². The molecule has 7 nitrogen and oxygen atoms in total. The molecule has 0 saturated heterocycles. The van der Waals surface area contributed by atoms with Crippen molar-refractivity contribution < 1.29 is 14.5 Å². The number of rotatable bonds is 3. The predicted molar refractivity (Wildman–Crippen MR) is 90.4 cm³/mol. The van der Waals surface area contributed by atoms with Crippen LogP contribution in [0.3, 0.4) is 0 Å². The van der Waals surface area contributed by atoms with Crippen LogP contribution in [0.25, 0.3) is 5.57 Å². The normalized spacial score (nSPS) is 20.9. The van der Waals surface area contributed by atoms with Crippen molar-refractivity contribution in [1.82, 2.24) is 10.3 Å². The second kappa shape index (κ2) is 6.98. The van der Waals surface area contributed by atoms with Crippen LogP contribution in [0, 0.1) is 16.0 Å². The number of ether oxygens (including phenoxy) is 1. The Bertz CT molecular complexity index is 664. The number of allylic oxidation sites excluding steroid dienone is 1. The van der Waals surface area contributed by atoms with Gasteiger partial charge in [-0.25, -0.2) is 4.79 Å². The van der Waals surface area contributed by atoms with Gasteiger partial charge in [-0.05, 0) is 51.2 Å². The van der Waals surface area contributed by atoms with Crippen LogP contribution in [0.4, 0.5) is 10.5 Å². The average molecular weight is 333 g/mol. The van der Waals surface area contributed by atoms with Crippen molar-refractivity contribution in [3.8, 4) is 0 Å². The number of hydrogen-bond donors (Lipinski definition) is 1. The van der Waals surface area contributed by atoms with Gasteiger partial charge in [0.05, 0.1) is 16.5 Å². The summed E-state index contributed by atoms with van der Waals surface area (Å²) in [5.74, 6) is 0.290. The molecule has 24 heavy (non-hydrogen) atoms. The van der Waals surface area contributed by atoms with Crippen LogP contribution in [0.2, 0.25) is 0 Å². The van der Waals surface area contributed by atoms with E-state index in [1.54, 1.807) is 33.0 Å². The Balaban J connectivity index is 2.23. The van der Waals surface area contributed by atoms with Gasteiger partial charge in [-0.1, -0.05) is 13.0 Å². The van der Waals surface area contributed by atoms with E-state index in [1.807, 2.05) is 6.08 Å². The van der Waals surface area contributed by atoms with Crippen LogP contribution in [-0.2, 0) is 4.74 Å². The molecule has 0 aliphatic heterocycles. The standard InChI is InChI=1S/C17H23N3O4/c1-11-7-12(14-5-6-18-10-15(14)20(22)23)9-13(8-11)19-16(21)24-17(2,3)4/h5-6,9-11,13H,7-8H2,1-4H3,(H,19,21)/t11-,13-/m1/s1. The third-order valence-electron chi connectivity index (χ3n) is 3.67. The number of nitrogens with zero attached hydrogens (tertiary/aromatic N) is 2. The molecule has 0 spiro atoms. The fraction of sp³-hybridized carbons (Fsp3) is 0.529. The molecular weight excluding hydrogens is 310 g/mol. The Morgan fingerprint density at radius 1 is 1.46 bits per heavy atom. The van der Waals surface area contributed by atoms with Gasteiger partial charge in [0, 0.05) is 6.20 Å². The number of aromatic nitrogens is 1. The summed E-state index contributed by atoms with van der Waals surface area (Å²) in [6.45, 7) is 7.47. The topological polar surface area (TPSA) is 94.4 Å². The summed E-state index contributed by atoms with van der Waals surface area (Å²) >= 11 is 0. The molecule has 1 heterocycles. The van der Waals surface area contributed by atoms with Crippen molar-refractivity contribution in [2.24, 2.45) is 5.92 Å². The van der Waals surface area contributed by atoms with E-state index in [0.29, 0.717) is 5.56 Å². The number of nitro groups is 1. The number of carbonyl (C=O) groups is 1. The van der Waals surface area contributed by atoms with E-state index in [9.17, 15) is 14.9 Å². The van der Waals surface area contributed by atoms with Gasteiger partial charge >= 0.3 is 6.09 Å². The summed E-state index contributed by atoms with van der Waals surface area (Å²) in [5, 5.41) is 14.0. The van der Waals surface area contributed by atoms with E-state index in [1.165, 1.54) is 6.20 Å². The van der Waals surface area contributed by atoms with Crippen molar-refractivity contribution in [1.29, 1.82) is 0 Å². The minimum atomic E-state index is -0.569. The van der Waals surface area contributed by atoms with E-state index in [4.69, 9.17) is 4.74 Å². The Morgan fingerprint density at radius 2 is 2.17 bits per heavy atom. The Morgan fingerprint density at radius 3 is 2.79 bits per heavy atom. The Kier molecular flexibility index (Phi) is 5.21. The molecule has 1 N–H and O–H groups in total. The van der Waals surface area contributed by atoms with Crippen LogP contribution in [-0.4, -0.2) is 27.6 Å². The summed E-state index contributed by atoms with van der Waals surface area (Å²) in [4.78, 5) is 26.6. The molecule has 0 unspecified atom stereocenters. The predicted octanol–water partition coefficient (Wildman–Crippen LogP) is 3.70. The minimum Gasteiger partial charge on any atom is -0.444 e. The highest BCUT2D eigenvalue weighted by Crippen LogP contribution is 2.34. The van der Waals surface area contributed by atoms with E-state index in [-0.39, 0.29) is 17.6 Å². The van der Waals surface area contributed by atoms with Crippen molar-refractivity contribution in [3.05, 3.63) is 40.2 Å². The average Bonchev–Trinajstić information content (AvgIpc) is 2.44. The lowest BCUT2D eigenvalue weighted by Gasteiger charge is -2.28. The summed E-state index contributed by atoms with van der Waals surface area (Å²) in [6, 6.07) is 1.43. The van der Waals surface area contributed by atoms with Crippen molar-refractivity contribution >= 4 is 17.4 Å². The summed E-state index contributed by atoms with van der Waals surface area (Å²) in [6.07, 6.45) is 5.68. The molecule has 0 fully saturated rings. The number of pyridine rings is 1. The Labute approximate surface area is 141 Å². The quantitative estimate of drug-likeness (QED) is 0.672. The monoisotopic (exact) mass is 333 g/mol. The van der Waals surface area contributed by atoms with Gasteiger partial charge in [0.2, 0.25) is 0 Å². The highest BCUT2D eigenvalue weighted by Gasteiger charge is 2.27. The zero-order valence-electron chi connectivity index (χ0n) is 14.4. The molecule has 2 rings (SSSR count). The highest BCUT2D eigenvalue weighted by atomic mass is 16.6. The lowest BCUT2D eigenvalue weighted by Crippen LogP contribution is -2.40. The van der Waals surface area contributed by atoms with E-state index in [0.717, 1.165) is 18.4 Å². The van der Waals surface area contributed by atoms with Gasteiger partial charge in [0.1, 0.15) is 11.8 Å². The maximum Gasteiger partial charge on any atom is 0.408 e. The first-order chi connectivity index (χ1) is 11.2. The number of hydrogen-bond acceptors (Lipinski definition) is 5. The maximum atomic E-state index is 12.0. The van der Waals surface area contributed by atoms with Gasteiger partial charge < -0.3 is 10.1 Å². The number of alkyl carbamates (subject to hydrolysis) is 1. The van der Waals surface area contributed by atoms with Crippen molar-refractivity contribution in [2.75, 3.05) is 0 Å². The molecule has 1 aliphatic rings. The lowest BCUT2D eigenvalue weighted by atomic mass is 9.84. The third kappa shape index (κ3) is 4.78. The molecule has 0 bridgehead atoms. The van der Waals surface area contributed by atoms with Gasteiger partial charge in [0.15, 0.2) is 0 Å². The first kappa shape index (κ1) is 17.9. The molecule has 1 aromatic rings. The third-order valence-corrected chi connectivity index (χ3v) is 3.67. The summed E-state index contributed by atoms with van der Waals surface area (Å²) < 4.78 is 5.28. The zero-order chi connectivity index (χ0) is 17.9. The first-order valence-corrected chi connectivity index (χ1v) is 7.94. The van der Waals surface area contributed by atoms with Crippen LogP contribution in [0.5, 0.6) is 0 Å². The lowest BCUT2D eigenvalue weighted by molar-refractivity contribution is -0.385. The zero-order valence-corrected chi connectivity index (χ0v) is 14.4.